The second-order valence-corrected chi connectivity index (χ2v) is 14.8. The summed E-state index contributed by atoms with van der Waals surface area (Å²) in [6, 6.07) is 35.6. The highest BCUT2D eigenvalue weighted by Crippen LogP contribution is 2.33. The number of hydrogen-bond donors (Lipinski definition) is 1. The minimum absolute atomic E-state index is 0.0255. The monoisotopic (exact) mass is 757 g/mol. The molecule has 4 aromatic rings. The summed E-state index contributed by atoms with van der Waals surface area (Å²) in [5.74, 6) is -0.597. The fourth-order valence-corrected chi connectivity index (χ4v) is 7.74. The van der Waals surface area contributed by atoms with Crippen LogP contribution < -0.4 is 4.72 Å². The molecule has 0 aromatic heterocycles. The Morgan fingerprint density at radius 2 is 1.26 bits per heavy atom. The van der Waals surface area contributed by atoms with Crippen molar-refractivity contribution in [1.82, 2.24) is 4.72 Å². The molecule has 286 valence electrons. The zero-order chi connectivity index (χ0) is 37.8. The van der Waals surface area contributed by atoms with E-state index in [1.165, 1.54) is 19.1 Å². The van der Waals surface area contributed by atoms with Gasteiger partial charge in [-0.2, -0.15) is 0 Å². The molecule has 11 nitrogen and oxygen atoms in total. The summed E-state index contributed by atoms with van der Waals surface area (Å²) in [6.45, 7) is 3.86. The lowest BCUT2D eigenvalue weighted by Crippen LogP contribution is -2.67. The first kappa shape index (κ1) is 39.3. The number of ether oxygens (including phenoxy) is 7. The van der Waals surface area contributed by atoms with Crippen LogP contribution in [0.3, 0.4) is 0 Å². The third kappa shape index (κ3) is 10.6. The minimum Gasteiger partial charge on any atom is -0.495 e. The number of benzene rings is 4. The van der Waals surface area contributed by atoms with Crippen LogP contribution in [0.15, 0.2) is 139 Å². The Kier molecular flexibility index (Phi) is 14.0. The average molecular weight is 758 g/mol. The summed E-state index contributed by atoms with van der Waals surface area (Å²) in [4.78, 5) is 12.7. The lowest BCUT2D eigenvalue weighted by molar-refractivity contribution is -0.307. The summed E-state index contributed by atoms with van der Waals surface area (Å²) in [5.41, 5.74) is 2.74. The number of hydrogen-bond acceptors (Lipinski definition) is 10. The zero-order valence-electron chi connectivity index (χ0n) is 30.3. The second-order valence-electron chi connectivity index (χ2n) is 13.1. The molecule has 0 saturated carbocycles. The summed E-state index contributed by atoms with van der Waals surface area (Å²) in [6.07, 6.45) is -2.25. The van der Waals surface area contributed by atoms with Gasteiger partial charge in [0.15, 0.2) is 12.4 Å². The fourth-order valence-electron chi connectivity index (χ4n) is 6.48. The van der Waals surface area contributed by atoms with Gasteiger partial charge >= 0.3 is 5.97 Å². The molecule has 3 unspecified atom stereocenters. The van der Waals surface area contributed by atoms with E-state index < -0.39 is 64.9 Å². The van der Waals surface area contributed by atoms with Gasteiger partial charge in [-0.3, -0.25) is 4.79 Å². The normalized spacial score (nSPS) is 25.4. The second kappa shape index (κ2) is 19.3. The number of esters is 1. The lowest BCUT2D eigenvalue weighted by Gasteiger charge is -2.47. The van der Waals surface area contributed by atoms with E-state index >= 15 is 0 Å². The first-order valence-corrected chi connectivity index (χ1v) is 19.6. The number of nitrogens with one attached hydrogen (secondary N) is 1. The first-order valence-electron chi connectivity index (χ1n) is 18.1. The standard InChI is InChI=1S/C42H47NO10S/c1-3-35-39(36(24-25-48-35)49-27-32-18-10-5-11-19-32)53-42-38(43-54(45,46)34-22-14-7-15-23-34)41(50-28-33-20-12-6-13-21-33)40(51-30(2)44)37(52-42)29-47-26-31-16-8-4-9-17-31/h4-25,35-43H,3,26-29H2,1-2H3/t35?,36-,37?,38?,39+,40+,41-,42-/m0/s1. The Balaban J connectivity index is 1.36. The highest BCUT2D eigenvalue weighted by molar-refractivity contribution is 7.89. The van der Waals surface area contributed by atoms with Crippen LogP contribution in [0.4, 0.5) is 0 Å². The topological polar surface area (TPSA) is 128 Å². The molecule has 0 bridgehead atoms. The van der Waals surface area contributed by atoms with Crippen LogP contribution in [0.25, 0.3) is 0 Å². The third-order valence-electron chi connectivity index (χ3n) is 9.16. The smallest absolute Gasteiger partial charge is 0.303 e. The van der Waals surface area contributed by atoms with Crippen molar-refractivity contribution in [3.05, 3.63) is 150 Å². The Hall–Kier alpha value is -4.40. The van der Waals surface area contributed by atoms with Crippen LogP contribution >= 0.6 is 0 Å². The van der Waals surface area contributed by atoms with Gasteiger partial charge in [0.1, 0.15) is 36.6 Å². The van der Waals surface area contributed by atoms with Crippen LogP contribution in [0.5, 0.6) is 0 Å². The van der Waals surface area contributed by atoms with Crippen molar-refractivity contribution in [3.8, 4) is 0 Å². The van der Waals surface area contributed by atoms with Crippen molar-refractivity contribution >= 4 is 16.0 Å². The van der Waals surface area contributed by atoms with E-state index in [1.807, 2.05) is 97.9 Å². The van der Waals surface area contributed by atoms with Gasteiger partial charge in [0, 0.05) is 6.92 Å². The molecule has 0 radical (unpaired) electrons. The summed E-state index contributed by atoms with van der Waals surface area (Å²) in [7, 11) is -4.19. The summed E-state index contributed by atoms with van der Waals surface area (Å²) >= 11 is 0. The van der Waals surface area contributed by atoms with E-state index in [-0.39, 0.29) is 24.7 Å². The van der Waals surface area contributed by atoms with Crippen molar-refractivity contribution in [2.75, 3.05) is 6.61 Å². The Morgan fingerprint density at radius 3 is 1.83 bits per heavy atom. The van der Waals surface area contributed by atoms with E-state index in [4.69, 9.17) is 33.2 Å². The van der Waals surface area contributed by atoms with Crippen molar-refractivity contribution < 1.29 is 46.4 Å². The van der Waals surface area contributed by atoms with E-state index in [0.29, 0.717) is 13.0 Å². The third-order valence-corrected chi connectivity index (χ3v) is 10.6. The molecule has 2 heterocycles. The molecule has 4 aromatic carbocycles. The molecular formula is C42H47NO10S. The molecule has 1 N–H and O–H groups in total. The van der Waals surface area contributed by atoms with Crippen molar-refractivity contribution in [1.29, 1.82) is 0 Å². The van der Waals surface area contributed by atoms with Gasteiger partial charge in [0.05, 0.1) is 37.6 Å². The maximum Gasteiger partial charge on any atom is 0.303 e. The SMILES string of the molecule is CCC1OC=C[C@H](OCc2ccccc2)[C@@H]1O[C@@H]1OC(COCc2ccccc2)[C@@H](OC(C)=O)[C@@H](OCc2ccccc2)C1NS(=O)(=O)c1ccccc1. The van der Waals surface area contributed by atoms with Crippen molar-refractivity contribution in [3.63, 3.8) is 0 Å². The molecule has 12 heteroatoms. The molecule has 1 fully saturated rings. The van der Waals surface area contributed by atoms with Crippen molar-refractivity contribution in [2.24, 2.45) is 0 Å². The molecule has 0 aliphatic carbocycles. The predicted molar refractivity (Wildman–Crippen MR) is 200 cm³/mol. The highest BCUT2D eigenvalue weighted by atomic mass is 32.2. The van der Waals surface area contributed by atoms with Gasteiger partial charge in [-0.1, -0.05) is 116 Å². The minimum atomic E-state index is -4.19. The number of carbonyl (C=O) groups is 1. The predicted octanol–water partition coefficient (Wildman–Crippen LogP) is 6.09. The quantitative estimate of drug-likeness (QED) is 0.127. The molecule has 1 saturated heterocycles. The van der Waals surface area contributed by atoms with Gasteiger partial charge in [-0.25, -0.2) is 13.1 Å². The van der Waals surface area contributed by atoms with Gasteiger partial charge in [0.25, 0.3) is 0 Å². The molecule has 2 aliphatic rings. The highest BCUT2D eigenvalue weighted by Gasteiger charge is 2.52. The Labute approximate surface area is 317 Å². The van der Waals surface area contributed by atoms with Crippen LogP contribution in [0.1, 0.15) is 37.0 Å². The van der Waals surface area contributed by atoms with E-state index in [1.54, 1.807) is 30.5 Å². The molecule has 8 atom stereocenters. The van der Waals surface area contributed by atoms with Crippen LogP contribution in [-0.4, -0.2) is 69.9 Å². The molecular weight excluding hydrogens is 711 g/mol. The molecule has 54 heavy (non-hydrogen) atoms. The maximum atomic E-state index is 14.1. The van der Waals surface area contributed by atoms with Crippen LogP contribution in [-0.2, 0) is 67.8 Å². The van der Waals surface area contributed by atoms with Crippen LogP contribution in [0.2, 0.25) is 0 Å². The molecule has 6 rings (SSSR count). The van der Waals surface area contributed by atoms with E-state index in [9.17, 15) is 13.2 Å². The van der Waals surface area contributed by atoms with Gasteiger partial charge in [-0.05, 0) is 41.3 Å². The average Bonchev–Trinajstić information content (AvgIpc) is 3.19. The number of rotatable bonds is 17. The van der Waals surface area contributed by atoms with Crippen molar-refractivity contribution in [2.45, 2.75) is 93.9 Å². The molecule has 0 spiro atoms. The Bertz CT molecular complexity index is 1860. The first-order chi connectivity index (χ1) is 26.3. The van der Waals surface area contributed by atoms with E-state index in [2.05, 4.69) is 4.72 Å². The lowest BCUT2D eigenvalue weighted by atomic mass is 9.96. The summed E-state index contributed by atoms with van der Waals surface area (Å²) < 4.78 is 75.5. The van der Waals surface area contributed by atoms with Gasteiger partial charge in [-0.15, -0.1) is 0 Å². The Morgan fingerprint density at radius 1 is 0.704 bits per heavy atom. The summed E-state index contributed by atoms with van der Waals surface area (Å²) in [5, 5.41) is 0. The largest absolute Gasteiger partial charge is 0.495 e. The molecule has 2 aliphatic heterocycles. The maximum absolute atomic E-state index is 14.1. The zero-order valence-corrected chi connectivity index (χ0v) is 31.2. The fraction of sp³-hybridized carbons (Fsp3) is 0.357. The molecule has 0 amide bonds. The van der Waals surface area contributed by atoms with Gasteiger partial charge in [0.2, 0.25) is 10.0 Å². The van der Waals surface area contributed by atoms with E-state index in [0.717, 1.165) is 16.7 Å². The number of carbonyl (C=O) groups excluding carboxylic acids is 1. The van der Waals surface area contributed by atoms with Crippen LogP contribution in [0, 0.1) is 0 Å². The van der Waals surface area contributed by atoms with Gasteiger partial charge < -0.3 is 33.2 Å². The number of sulfonamides is 1.